The molecule has 1 aromatic heterocycles. The van der Waals surface area contributed by atoms with E-state index in [1.807, 2.05) is 4.90 Å². The van der Waals surface area contributed by atoms with Crippen molar-refractivity contribution in [3.05, 3.63) is 63.6 Å². The lowest BCUT2D eigenvalue weighted by molar-refractivity contribution is -0.384. The Morgan fingerprint density at radius 1 is 1.42 bits per heavy atom. The molecule has 0 saturated carbocycles. The molecule has 0 amide bonds. The van der Waals surface area contributed by atoms with E-state index in [-0.39, 0.29) is 22.9 Å². The molecule has 1 atom stereocenters. The minimum Gasteiger partial charge on any atom is -0.465 e. The standard InChI is InChI=1S/C18H18FN3O4/c1-26-18(23)14-9-16(22(24)25)17(20-10-14)21-7-6-13(11-21)8-12-2-4-15(19)5-3-12/h2-5,9-10,13H,6-8,11H2,1H3. The second-order valence-corrected chi connectivity index (χ2v) is 6.25. The van der Waals surface area contributed by atoms with Crippen molar-refractivity contribution in [2.45, 2.75) is 12.8 Å². The molecule has 136 valence electrons. The number of nitrogens with zero attached hydrogens (tertiary/aromatic N) is 3. The number of rotatable bonds is 5. The zero-order valence-electron chi connectivity index (χ0n) is 14.2. The predicted molar refractivity (Wildman–Crippen MR) is 92.7 cm³/mol. The van der Waals surface area contributed by atoms with Crippen molar-refractivity contribution in [3.8, 4) is 0 Å². The molecule has 1 unspecified atom stereocenters. The Morgan fingerprint density at radius 3 is 2.81 bits per heavy atom. The van der Waals surface area contributed by atoms with Gasteiger partial charge in [0, 0.05) is 25.4 Å². The fraction of sp³-hybridized carbons (Fsp3) is 0.333. The number of halogens is 1. The molecule has 1 aromatic carbocycles. The summed E-state index contributed by atoms with van der Waals surface area (Å²) in [5, 5.41) is 11.4. The summed E-state index contributed by atoms with van der Waals surface area (Å²) in [6, 6.07) is 7.56. The summed E-state index contributed by atoms with van der Waals surface area (Å²) < 4.78 is 17.6. The first-order valence-corrected chi connectivity index (χ1v) is 8.20. The van der Waals surface area contributed by atoms with Crippen LogP contribution in [0.2, 0.25) is 0 Å². The molecule has 1 aliphatic rings. The summed E-state index contributed by atoms with van der Waals surface area (Å²) >= 11 is 0. The molecule has 2 aromatic rings. The molecule has 0 bridgehead atoms. The van der Waals surface area contributed by atoms with Crippen molar-refractivity contribution in [2.24, 2.45) is 5.92 Å². The first-order chi connectivity index (χ1) is 12.5. The van der Waals surface area contributed by atoms with Gasteiger partial charge in [0.2, 0.25) is 5.82 Å². The summed E-state index contributed by atoms with van der Waals surface area (Å²) in [5.74, 6) is -0.388. The summed E-state index contributed by atoms with van der Waals surface area (Å²) in [7, 11) is 1.21. The van der Waals surface area contributed by atoms with E-state index in [9.17, 15) is 19.3 Å². The molecular formula is C18H18FN3O4. The van der Waals surface area contributed by atoms with Crippen molar-refractivity contribution in [2.75, 3.05) is 25.1 Å². The molecule has 2 heterocycles. The summed E-state index contributed by atoms with van der Waals surface area (Å²) in [6.45, 7) is 1.25. The largest absolute Gasteiger partial charge is 0.465 e. The second-order valence-electron chi connectivity index (χ2n) is 6.25. The van der Waals surface area contributed by atoms with Crippen LogP contribution in [0.1, 0.15) is 22.3 Å². The Bertz CT molecular complexity index is 826. The lowest BCUT2D eigenvalue weighted by Crippen LogP contribution is -2.23. The van der Waals surface area contributed by atoms with Crippen LogP contribution < -0.4 is 4.90 Å². The molecule has 0 N–H and O–H groups in total. The van der Waals surface area contributed by atoms with Gasteiger partial charge in [0.1, 0.15) is 5.82 Å². The van der Waals surface area contributed by atoms with Crippen LogP contribution in [0.15, 0.2) is 36.5 Å². The van der Waals surface area contributed by atoms with Gasteiger partial charge in [0.25, 0.3) is 0 Å². The number of hydrogen-bond acceptors (Lipinski definition) is 6. The van der Waals surface area contributed by atoms with E-state index in [0.717, 1.165) is 18.4 Å². The van der Waals surface area contributed by atoms with Gasteiger partial charge in [-0.2, -0.15) is 0 Å². The second kappa shape index (κ2) is 7.47. The van der Waals surface area contributed by atoms with Crippen LogP contribution in [0.25, 0.3) is 0 Å². The van der Waals surface area contributed by atoms with Crippen LogP contribution in [0.3, 0.4) is 0 Å². The topological polar surface area (TPSA) is 85.6 Å². The van der Waals surface area contributed by atoms with Gasteiger partial charge in [-0.3, -0.25) is 10.1 Å². The lowest BCUT2D eigenvalue weighted by Gasteiger charge is -2.17. The molecule has 0 aliphatic carbocycles. The van der Waals surface area contributed by atoms with Gasteiger partial charge in [-0.1, -0.05) is 12.1 Å². The average Bonchev–Trinajstić information content (AvgIpc) is 3.10. The third kappa shape index (κ3) is 3.79. The van der Waals surface area contributed by atoms with Gasteiger partial charge in [-0.25, -0.2) is 14.2 Å². The number of carbonyl (C=O) groups is 1. The third-order valence-electron chi connectivity index (χ3n) is 4.49. The maximum Gasteiger partial charge on any atom is 0.339 e. The van der Waals surface area contributed by atoms with Crippen molar-refractivity contribution in [3.63, 3.8) is 0 Å². The summed E-state index contributed by atoms with van der Waals surface area (Å²) in [5.41, 5.74) is 0.863. The minimum absolute atomic E-state index is 0.0463. The van der Waals surface area contributed by atoms with Gasteiger partial charge >= 0.3 is 11.7 Å². The predicted octanol–water partition coefficient (Wildman–Crippen LogP) is 2.98. The van der Waals surface area contributed by atoms with Gasteiger partial charge in [-0.15, -0.1) is 0 Å². The van der Waals surface area contributed by atoms with Crippen molar-refractivity contribution in [1.29, 1.82) is 0 Å². The Labute approximate surface area is 149 Å². The molecule has 0 radical (unpaired) electrons. The third-order valence-corrected chi connectivity index (χ3v) is 4.49. The van der Waals surface area contributed by atoms with Crippen molar-refractivity contribution < 1.29 is 18.8 Å². The molecule has 3 rings (SSSR count). The highest BCUT2D eigenvalue weighted by atomic mass is 19.1. The molecule has 0 spiro atoms. The zero-order chi connectivity index (χ0) is 18.7. The summed E-state index contributed by atoms with van der Waals surface area (Å²) in [4.78, 5) is 28.4. The fourth-order valence-electron chi connectivity index (χ4n) is 3.20. The van der Waals surface area contributed by atoms with E-state index in [1.165, 1.54) is 31.5 Å². The quantitative estimate of drug-likeness (QED) is 0.463. The number of benzene rings is 1. The van der Waals surface area contributed by atoms with E-state index in [2.05, 4.69) is 9.72 Å². The first kappa shape index (κ1) is 17.8. The number of ether oxygens (including phenoxy) is 1. The fourth-order valence-corrected chi connectivity index (χ4v) is 3.20. The Hall–Kier alpha value is -3.03. The molecule has 26 heavy (non-hydrogen) atoms. The number of carbonyl (C=O) groups excluding carboxylic acids is 1. The number of pyridine rings is 1. The molecule has 1 fully saturated rings. The van der Waals surface area contributed by atoms with Crippen LogP contribution in [-0.4, -0.2) is 36.1 Å². The van der Waals surface area contributed by atoms with Crippen molar-refractivity contribution in [1.82, 2.24) is 4.98 Å². The van der Waals surface area contributed by atoms with Gasteiger partial charge < -0.3 is 9.64 Å². The van der Waals surface area contributed by atoms with E-state index < -0.39 is 10.9 Å². The number of nitro groups is 1. The molecular weight excluding hydrogens is 341 g/mol. The van der Waals surface area contributed by atoms with E-state index in [1.54, 1.807) is 12.1 Å². The normalized spacial score (nSPS) is 16.5. The van der Waals surface area contributed by atoms with E-state index in [4.69, 9.17) is 0 Å². The van der Waals surface area contributed by atoms with Crippen LogP contribution in [-0.2, 0) is 11.2 Å². The smallest absolute Gasteiger partial charge is 0.339 e. The minimum atomic E-state index is -0.664. The van der Waals surface area contributed by atoms with Gasteiger partial charge in [0.15, 0.2) is 0 Å². The Kier molecular flexibility index (Phi) is 5.11. The van der Waals surface area contributed by atoms with Crippen molar-refractivity contribution >= 4 is 17.5 Å². The highest BCUT2D eigenvalue weighted by Crippen LogP contribution is 2.32. The van der Waals surface area contributed by atoms with Gasteiger partial charge in [-0.05, 0) is 36.5 Å². The number of anilines is 1. The first-order valence-electron chi connectivity index (χ1n) is 8.20. The number of esters is 1. The lowest BCUT2D eigenvalue weighted by atomic mass is 9.99. The highest BCUT2D eigenvalue weighted by Gasteiger charge is 2.30. The number of hydrogen-bond donors (Lipinski definition) is 0. The molecule has 8 heteroatoms. The zero-order valence-corrected chi connectivity index (χ0v) is 14.2. The molecule has 7 nitrogen and oxygen atoms in total. The maximum atomic E-state index is 13.0. The summed E-state index contributed by atoms with van der Waals surface area (Å²) in [6.07, 6.45) is 2.92. The van der Waals surface area contributed by atoms with E-state index in [0.29, 0.717) is 19.0 Å². The highest BCUT2D eigenvalue weighted by molar-refractivity contribution is 5.90. The maximum absolute atomic E-state index is 13.0. The number of methoxy groups -OCH3 is 1. The molecule has 1 aliphatic heterocycles. The SMILES string of the molecule is COC(=O)c1cnc(N2CCC(Cc3ccc(F)cc3)C2)c([N+](=O)[O-])c1. The van der Waals surface area contributed by atoms with Crippen LogP contribution >= 0.6 is 0 Å². The van der Waals surface area contributed by atoms with Crippen LogP contribution in [0, 0.1) is 21.8 Å². The van der Waals surface area contributed by atoms with Gasteiger partial charge in [0.05, 0.1) is 17.6 Å². The Balaban J connectivity index is 1.76. The Morgan fingerprint density at radius 2 is 2.15 bits per heavy atom. The van der Waals surface area contributed by atoms with E-state index >= 15 is 0 Å². The average molecular weight is 359 g/mol. The van der Waals surface area contributed by atoms with Crippen LogP contribution in [0.5, 0.6) is 0 Å². The molecule has 1 saturated heterocycles. The number of aromatic nitrogens is 1. The van der Waals surface area contributed by atoms with Crippen LogP contribution in [0.4, 0.5) is 15.9 Å². The monoisotopic (exact) mass is 359 g/mol.